The van der Waals surface area contributed by atoms with Crippen molar-refractivity contribution in [2.24, 2.45) is 0 Å². The molecule has 6 nitrogen and oxygen atoms in total. The van der Waals surface area contributed by atoms with Crippen molar-refractivity contribution in [1.29, 1.82) is 0 Å². The molecule has 0 aliphatic heterocycles. The molecular formula is C18H18ClNO5S. The second kappa shape index (κ2) is 9.35. The second-order valence-corrected chi connectivity index (χ2v) is 7.06. The van der Waals surface area contributed by atoms with E-state index in [1.807, 2.05) is 0 Å². The van der Waals surface area contributed by atoms with Gasteiger partial charge in [0.25, 0.3) is 5.91 Å². The number of rotatable bonds is 8. The van der Waals surface area contributed by atoms with Crippen molar-refractivity contribution in [3.8, 4) is 5.75 Å². The van der Waals surface area contributed by atoms with Crippen molar-refractivity contribution in [2.45, 2.75) is 25.9 Å². The highest BCUT2D eigenvalue weighted by atomic mass is 35.5. The SMILES string of the molecule is COc1ccccc1NC(=O)[C@@H](C)OC(=O)CCC(=O)c1ccc(Cl)s1. The molecule has 1 atom stereocenters. The van der Waals surface area contributed by atoms with Crippen molar-refractivity contribution >= 4 is 46.3 Å². The van der Waals surface area contributed by atoms with Gasteiger partial charge < -0.3 is 14.8 Å². The lowest BCUT2D eigenvalue weighted by Gasteiger charge is -2.15. The van der Waals surface area contributed by atoms with Gasteiger partial charge in [0.1, 0.15) is 5.75 Å². The molecular weight excluding hydrogens is 378 g/mol. The van der Waals surface area contributed by atoms with E-state index in [4.69, 9.17) is 21.1 Å². The fraction of sp³-hybridized carbons (Fsp3) is 0.278. The van der Waals surface area contributed by atoms with Crippen molar-refractivity contribution in [2.75, 3.05) is 12.4 Å². The van der Waals surface area contributed by atoms with E-state index in [2.05, 4.69) is 5.32 Å². The number of ether oxygens (including phenoxy) is 2. The number of hydrogen-bond donors (Lipinski definition) is 1. The minimum absolute atomic E-state index is 0.00345. The number of Topliss-reactive ketones (excluding diaryl/α,β-unsaturated/α-hetero) is 1. The number of para-hydroxylation sites is 2. The zero-order valence-electron chi connectivity index (χ0n) is 14.3. The first-order valence-electron chi connectivity index (χ1n) is 7.82. The van der Waals surface area contributed by atoms with Gasteiger partial charge in [-0.1, -0.05) is 23.7 Å². The molecule has 1 N–H and O–H groups in total. The summed E-state index contributed by atoms with van der Waals surface area (Å²) in [7, 11) is 1.49. The molecule has 0 bridgehead atoms. The first kappa shape index (κ1) is 19.9. The third-order valence-electron chi connectivity index (χ3n) is 3.45. The third kappa shape index (κ3) is 5.57. The summed E-state index contributed by atoms with van der Waals surface area (Å²) in [5, 5.41) is 2.64. The normalized spacial score (nSPS) is 11.5. The number of hydrogen-bond acceptors (Lipinski definition) is 6. The van der Waals surface area contributed by atoms with E-state index in [0.29, 0.717) is 20.7 Å². The molecule has 0 aliphatic rings. The zero-order chi connectivity index (χ0) is 19.1. The summed E-state index contributed by atoms with van der Waals surface area (Å²) in [4.78, 5) is 36.5. The Kier molecular flexibility index (Phi) is 7.17. The Bertz CT molecular complexity index is 804. The van der Waals surface area contributed by atoms with Gasteiger partial charge in [0.15, 0.2) is 11.9 Å². The lowest BCUT2D eigenvalue weighted by molar-refractivity contribution is -0.153. The molecule has 1 aromatic heterocycles. The van der Waals surface area contributed by atoms with Crippen molar-refractivity contribution in [3.05, 3.63) is 45.6 Å². The molecule has 1 amide bonds. The zero-order valence-corrected chi connectivity index (χ0v) is 15.9. The van der Waals surface area contributed by atoms with E-state index >= 15 is 0 Å². The van der Waals surface area contributed by atoms with E-state index in [1.54, 1.807) is 36.4 Å². The summed E-state index contributed by atoms with van der Waals surface area (Å²) in [5.74, 6) is -0.799. The van der Waals surface area contributed by atoms with Crippen LogP contribution in [0.5, 0.6) is 5.75 Å². The molecule has 138 valence electrons. The standard InChI is InChI=1S/C18H18ClNO5S/c1-11(18(23)20-12-5-3-4-6-14(12)24-2)25-17(22)10-7-13(21)15-8-9-16(19)26-15/h3-6,8-9,11H,7,10H2,1-2H3,(H,20,23)/t11-/m1/s1. The van der Waals surface area contributed by atoms with Crippen LogP contribution in [-0.2, 0) is 14.3 Å². The van der Waals surface area contributed by atoms with Crippen LogP contribution in [0.4, 0.5) is 5.69 Å². The quantitative estimate of drug-likeness (QED) is 0.540. The van der Waals surface area contributed by atoms with Gasteiger partial charge in [-0.25, -0.2) is 0 Å². The summed E-state index contributed by atoms with van der Waals surface area (Å²) in [5.41, 5.74) is 0.479. The molecule has 2 rings (SSSR count). The van der Waals surface area contributed by atoms with Gasteiger partial charge in [0, 0.05) is 6.42 Å². The summed E-state index contributed by atoms with van der Waals surface area (Å²) in [6.07, 6.45) is -1.12. The number of methoxy groups -OCH3 is 1. The molecule has 0 saturated carbocycles. The van der Waals surface area contributed by atoms with Crippen molar-refractivity contribution in [1.82, 2.24) is 0 Å². The third-order valence-corrected chi connectivity index (χ3v) is 4.72. The number of carbonyl (C=O) groups excluding carboxylic acids is 3. The number of amides is 1. The molecule has 2 aromatic rings. The van der Waals surface area contributed by atoms with Crippen molar-refractivity contribution in [3.63, 3.8) is 0 Å². The predicted molar refractivity (Wildman–Crippen MR) is 100 cm³/mol. The average molecular weight is 396 g/mol. The van der Waals surface area contributed by atoms with Gasteiger partial charge in [-0.3, -0.25) is 14.4 Å². The van der Waals surface area contributed by atoms with Gasteiger partial charge >= 0.3 is 5.97 Å². The van der Waals surface area contributed by atoms with Gasteiger partial charge in [0.2, 0.25) is 0 Å². The summed E-state index contributed by atoms with van der Waals surface area (Å²) >= 11 is 6.94. The molecule has 0 spiro atoms. The molecule has 26 heavy (non-hydrogen) atoms. The summed E-state index contributed by atoms with van der Waals surface area (Å²) in [6.45, 7) is 1.46. The number of halogens is 1. The smallest absolute Gasteiger partial charge is 0.307 e. The maximum absolute atomic E-state index is 12.2. The van der Waals surface area contributed by atoms with Crippen LogP contribution in [-0.4, -0.2) is 30.9 Å². The lowest BCUT2D eigenvalue weighted by atomic mass is 10.2. The molecule has 0 radical (unpaired) electrons. The minimum Gasteiger partial charge on any atom is -0.495 e. The van der Waals surface area contributed by atoms with E-state index in [-0.39, 0.29) is 18.6 Å². The van der Waals surface area contributed by atoms with E-state index in [0.717, 1.165) is 11.3 Å². The number of benzene rings is 1. The topological polar surface area (TPSA) is 81.7 Å². The maximum atomic E-state index is 12.2. The maximum Gasteiger partial charge on any atom is 0.307 e. The van der Waals surface area contributed by atoms with Crippen LogP contribution in [0.25, 0.3) is 0 Å². The average Bonchev–Trinajstić information content (AvgIpc) is 3.06. The molecule has 1 heterocycles. The Morgan fingerprint density at radius 2 is 1.88 bits per heavy atom. The molecule has 1 aromatic carbocycles. The highest BCUT2D eigenvalue weighted by Gasteiger charge is 2.20. The minimum atomic E-state index is -1.00. The monoisotopic (exact) mass is 395 g/mol. The van der Waals surface area contributed by atoms with E-state index in [9.17, 15) is 14.4 Å². The number of esters is 1. The van der Waals surface area contributed by atoms with Crippen LogP contribution in [0.2, 0.25) is 4.34 Å². The van der Waals surface area contributed by atoms with Gasteiger partial charge in [-0.15, -0.1) is 11.3 Å². The number of nitrogens with one attached hydrogen (secondary N) is 1. The highest BCUT2D eigenvalue weighted by molar-refractivity contribution is 7.18. The first-order valence-corrected chi connectivity index (χ1v) is 9.02. The van der Waals surface area contributed by atoms with Gasteiger partial charge in [-0.2, -0.15) is 0 Å². The largest absolute Gasteiger partial charge is 0.495 e. The lowest BCUT2D eigenvalue weighted by Crippen LogP contribution is -2.30. The Balaban J connectivity index is 1.82. The van der Waals surface area contributed by atoms with Crippen LogP contribution >= 0.6 is 22.9 Å². The van der Waals surface area contributed by atoms with E-state index < -0.39 is 18.0 Å². The molecule has 0 fully saturated rings. The predicted octanol–water partition coefficient (Wildman–Crippen LogP) is 3.94. The Morgan fingerprint density at radius 3 is 2.54 bits per heavy atom. The number of anilines is 1. The summed E-state index contributed by atoms with van der Waals surface area (Å²) < 4.78 is 10.7. The van der Waals surface area contributed by atoms with Crippen LogP contribution in [0.15, 0.2) is 36.4 Å². The van der Waals surface area contributed by atoms with Gasteiger partial charge in [0.05, 0.1) is 28.4 Å². The fourth-order valence-corrected chi connectivity index (χ4v) is 3.11. The Labute approximate surface area is 160 Å². The number of ketones is 1. The Morgan fingerprint density at radius 1 is 1.15 bits per heavy atom. The Hall–Kier alpha value is -2.38. The molecule has 0 unspecified atom stereocenters. The van der Waals surface area contributed by atoms with Crippen LogP contribution in [0.3, 0.4) is 0 Å². The molecule has 8 heteroatoms. The van der Waals surface area contributed by atoms with Crippen molar-refractivity contribution < 1.29 is 23.9 Å². The second-order valence-electron chi connectivity index (χ2n) is 5.35. The fourth-order valence-electron chi connectivity index (χ4n) is 2.09. The number of thiophene rings is 1. The van der Waals surface area contributed by atoms with Crippen LogP contribution in [0.1, 0.15) is 29.4 Å². The van der Waals surface area contributed by atoms with E-state index in [1.165, 1.54) is 14.0 Å². The first-order chi connectivity index (χ1) is 12.4. The van der Waals surface area contributed by atoms with Crippen LogP contribution in [0, 0.1) is 0 Å². The molecule has 0 aliphatic carbocycles. The summed E-state index contributed by atoms with van der Waals surface area (Å²) in [6, 6.07) is 10.1. The highest BCUT2D eigenvalue weighted by Crippen LogP contribution is 2.24. The van der Waals surface area contributed by atoms with Gasteiger partial charge in [-0.05, 0) is 31.2 Å². The number of carbonyl (C=O) groups is 3. The molecule has 0 saturated heterocycles. The van der Waals surface area contributed by atoms with Crippen LogP contribution < -0.4 is 10.1 Å².